The van der Waals surface area contributed by atoms with Crippen LogP contribution in [-0.4, -0.2) is 44.1 Å². The molecule has 0 aliphatic heterocycles. The third-order valence-electron chi connectivity index (χ3n) is 8.96. The Balaban J connectivity index is 3.32. The smallest absolute Gasteiger partial charge is 0.305 e. The van der Waals surface area contributed by atoms with Crippen molar-refractivity contribution in [2.75, 3.05) is 26.3 Å². The van der Waals surface area contributed by atoms with Gasteiger partial charge in [-0.2, -0.15) is 0 Å². The van der Waals surface area contributed by atoms with Crippen molar-refractivity contribution < 1.29 is 23.9 Å². The van der Waals surface area contributed by atoms with Gasteiger partial charge in [-0.05, 0) is 44.9 Å². The molecular weight excluding hydrogens is 600 g/mol. The lowest BCUT2D eigenvalue weighted by molar-refractivity contribution is -0.146. The van der Waals surface area contributed by atoms with Crippen LogP contribution in [0.4, 0.5) is 0 Å². The molecule has 0 aromatic heterocycles. The minimum absolute atomic E-state index is 0.119. The van der Waals surface area contributed by atoms with E-state index in [4.69, 9.17) is 15.2 Å². The van der Waals surface area contributed by atoms with Gasteiger partial charge in [0, 0.05) is 38.8 Å². The fourth-order valence-corrected chi connectivity index (χ4v) is 5.89. The Morgan fingerprint density at radius 2 is 0.833 bits per heavy atom. The summed E-state index contributed by atoms with van der Waals surface area (Å²) in [5.41, 5.74) is 5.38. The molecule has 0 aliphatic rings. The van der Waals surface area contributed by atoms with Gasteiger partial charge in [0.2, 0.25) is 5.91 Å². The van der Waals surface area contributed by atoms with E-state index in [1.54, 1.807) is 0 Å². The van der Waals surface area contributed by atoms with Crippen LogP contribution in [0.2, 0.25) is 0 Å². The molecule has 0 aliphatic carbocycles. The third kappa shape index (κ3) is 38.6. The van der Waals surface area contributed by atoms with Crippen LogP contribution in [-0.2, 0) is 23.9 Å². The Labute approximate surface area is 296 Å². The quantitative estimate of drug-likeness (QED) is 0.0382. The summed E-state index contributed by atoms with van der Waals surface area (Å²) in [6.07, 6.45) is 40.0. The monoisotopic (exact) mass is 679 g/mol. The van der Waals surface area contributed by atoms with Crippen molar-refractivity contribution in [3.05, 3.63) is 12.2 Å². The highest BCUT2D eigenvalue weighted by molar-refractivity contribution is 5.75. The average molecular weight is 679 g/mol. The summed E-state index contributed by atoms with van der Waals surface area (Å²) < 4.78 is 10.6. The van der Waals surface area contributed by atoms with Gasteiger partial charge in [0.25, 0.3) is 0 Å². The van der Waals surface area contributed by atoms with Crippen molar-refractivity contribution in [1.82, 2.24) is 5.32 Å². The molecule has 7 heteroatoms. The van der Waals surface area contributed by atoms with Crippen LogP contribution >= 0.6 is 0 Å². The maximum atomic E-state index is 11.9. The molecule has 0 rings (SSSR count). The molecule has 0 aromatic carbocycles. The summed E-state index contributed by atoms with van der Waals surface area (Å²) in [7, 11) is 0. The highest BCUT2D eigenvalue weighted by Crippen LogP contribution is 2.14. The molecule has 0 unspecified atom stereocenters. The lowest BCUT2D eigenvalue weighted by Crippen LogP contribution is -2.28. The van der Waals surface area contributed by atoms with Crippen molar-refractivity contribution in [1.29, 1.82) is 0 Å². The topological polar surface area (TPSA) is 108 Å². The third-order valence-corrected chi connectivity index (χ3v) is 8.96. The van der Waals surface area contributed by atoms with E-state index in [1.165, 1.54) is 116 Å². The molecule has 0 bridgehead atoms. The van der Waals surface area contributed by atoms with Crippen molar-refractivity contribution in [3.8, 4) is 0 Å². The predicted molar refractivity (Wildman–Crippen MR) is 202 cm³/mol. The lowest BCUT2D eigenvalue weighted by atomic mass is 10.0. The van der Waals surface area contributed by atoms with Crippen LogP contribution in [0.25, 0.3) is 0 Å². The predicted octanol–water partition coefficient (Wildman–Crippen LogP) is 10.8. The number of carbonyl (C=O) groups excluding carboxylic acids is 3. The van der Waals surface area contributed by atoms with Gasteiger partial charge in [-0.25, -0.2) is 0 Å². The van der Waals surface area contributed by atoms with Crippen molar-refractivity contribution >= 4 is 17.8 Å². The fraction of sp³-hybridized carbons (Fsp3) is 0.878. The van der Waals surface area contributed by atoms with Gasteiger partial charge < -0.3 is 20.5 Å². The Bertz CT molecular complexity index is 742. The molecule has 3 N–H and O–H groups in total. The van der Waals surface area contributed by atoms with Crippen LogP contribution in [0.5, 0.6) is 0 Å². The van der Waals surface area contributed by atoms with Crippen molar-refractivity contribution in [2.24, 2.45) is 5.73 Å². The van der Waals surface area contributed by atoms with Crippen LogP contribution < -0.4 is 11.1 Å². The van der Waals surface area contributed by atoms with Gasteiger partial charge >= 0.3 is 11.9 Å². The Morgan fingerprint density at radius 3 is 1.23 bits per heavy atom. The number of carbonyl (C=O) groups is 3. The minimum atomic E-state index is -0.143. The zero-order valence-corrected chi connectivity index (χ0v) is 31.5. The van der Waals surface area contributed by atoms with E-state index >= 15 is 0 Å². The second-order valence-electron chi connectivity index (χ2n) is 13.7. The van der Waals surface area contributed by atoms with Gasteiger partial charge in [0.05, 0.1) is 13.2 Å². The minimum Gasteiger partial charge on any atom is -0.466 e. The second kappa shape index (κ2) is 39.5. The molecule has 0 saturated carbocycles. The summed E-state index contributed by atoms with van der Waals surface area (Å²) in [6.45, 7) is 4.00. The molecule has 1 amide bonds. The lowest BCUT2D eigenvalue weighted by Gasteiger charge is -2.07. The number of unbranched alkanes of at least 4 members (excludes halogenated alkanes) is 24. The van der Waals surface area contributed by atoms with E-state index in [9.17, 15) is 14.4 Å². The molecular formula is C41H78N2O5. The fourth-order valence-electron chi connectivity index (χ4n) is 5.89. The van der Waals surface area contributed by atoms with Crippen LogP contribution in [0, 0.1) is 0 Å². The van der Waals surface area contributed by atoms with Gasteiger partial charge in [0.15, 0.2) is 0 Å². The first-order chi connectivity index (χ1) is 23.6. The van der Waals surface area contributed by atoms with Gasteiger partial charge in [-0.1, -0.05) is 147 Å². The Morgan fingerprint density at radius 1 is 0.479 bits per heavy atom. The summed E-state index contributed by atoms with van der Waals surface area (Å²) >= 11 is 0. The standard InChI is InChI=1S/C41H78N2O5/c1-2-3-4-5-6-7-8-9-10-14-17-20-23-26-29-33-40(45)47-37-31-38-48-41(46)34-30-27-24-21-18-15-12-11-13-16-19-22-25-28-32-39(44)43-36-35-42/h11-12H,2-10,13-38,42H2,1H3,(H,43,44)/b12-11-. The highest BCUT2D eigenvalue weighted by atomic mass is 16.5. The Kier molecular flexibility index (Phi) is 38.0. The van der Waals surface area contributed by atoms with Gasteiger partial charge in [0.1, 0.15) is 0 Å². The van der Waals surface area contributed by atoms with E-state index in [2.05, 4.69) is 24.4 Å². The highest BCUT2D eigenvalue weighted by Gasteiger charge is 2.05. The van der Waals surface area contributed by atoms with Crippen LogP contribution in [0.15, 0.2) is 12.2 Å². The number of allylic oxidation sites excluding steroid dienone is 2. The SMILES string of the molecule is CCCCCCCCCCCCCCCCCC(=O)OCCCOC(=O)CCCCCCC/C=C\CCCCCCCC(=O)NCCN. The maximum absolute atomic E-state index is 11.9. The zero-order valence-electron chi connectivity index (χ0n) is 31.5. The largest absolute Gasteiger partial charge is 0.466 e. The number of nitrogens with one attached hydrogen (secondary N) is 1. The number of nitrogens with two attached hydrogens (primary N) is 1. The molecule has 0 aromatic rings. The first-order valence-electron chi connectivity index (χ1n) is 20.5. The average Bonchev–Trinajstić information content (AvgIpc) is 3.08. The maximum Gasteiger partial charge on any atom is 0.305 e. The van der Waals surface area contributed by atoms with Crippen LogP contribution in [0.3, 0.4) is 0 Å². The summed E-state index contributed by atoms with van der Waals surface area (Å²) in [6, 6.07) is 0. The number of esters is 2. The molecule has 282 valence electrons. The first kappa shape index (κ1) is 46.1. The zero-order chi connectivity index (χ0) is 35.0. The van der Waals surface area contributed by atoms with E-state index in [-0.39, 0.29) is 17.8 Å². The van der Waals surface area contributed by atoms with Gasteiger partial charge in [-0.3, -0.25) is 14.4 Å². The molecule has 48 heavy (non-hydrogen) atoms. The van der Waals surface area contributed by atoms with E-state index in [0.29, 0.717) is 52.0 Å². The number of hydrogen-bond donors (Lipinski definition) is 2. The Hall–Kier alpha value is -1.89. The summed E-state index contributed by atoms with van der Waals surface area (Å²) in [5.74, 6) is -0.152. The molecule has 0 spiro atoms. The van der Waals surface area contributed by atoms with Crippen molar-refractivity contribution in [2.45, 2.75) is 206 Å². The molecule has 0 saturated heterocycles. The number of rotatable bonds is 38. The number of hydrogen-bond acceptors (Lipinski definition) is 6. The molecule has 0 atom stereocenters. The van der Waals surface area contributed by atoms with Gasteiger partial charge in [-0.15, -0.1) is 0 Å². The molecule has 7 nitrogen and oxygen atoms in total. The molecule has 0 radical (unpaired) electrons. The molecule has 0 heterocycles. The normalized spacial score (nSPS) is 11.3. The molecule has 0 fully saturated rings. The van der Waals surface area contributed by atoms with Crippen LogP contribution in [0.1, 0.15) is 206 Å². The number of amides is 1. The van der Waals surface area contributed by atoms with E-state index in [1.807, 2.05) is 0 Å². The second-order valence-corrected chi connectivity index (χ2v) is 13.7. The van der Waals surface area contributed by atoms with E-state index in [0.717, 1.165) is 57.8 Å². The summed E-state index contributed by atoms with van der Waals surface area (Å²) in [4.78, 5) is 35.4. The first-order valence-corrected chi connectivity index (χ1v) is 20.5. The van der Waals surface area contributed by atoms with E-state index < -0.39 is 0 Å². The summed E-state index contributed by atoms with van der Waals surface area (Å²) in [5, 5.41) is 2.81. The van der Waals surface area contributed by atoms with Crippen molar-refractivity contribution in [3.63, 3.8) is 0 Å². The number of ether oxygens (including phenoxy) is 2.